The third-order valence-corrected chi connectivity index (χ3v) is 6.32. The van der Waals surface area contributed by atoms with E-state index < -0.39 is 17.5 Å². The third-order valence-electron chi connectivity index (χ3n) is 6.32. The zero-order valence-corrected chi connectivity index (χ0v) is 21.7. The zero-order valence-electron chi connectivity index (χ0n) is 21.7. The number of nitrogens with one attached hydrogen (secondary N) is 2. The number of nitrogens with zero attached hydrogens (tertiary/aromatic N) is 4. The van der Waals surface area contributed by atoms with Crippen LogP contribution in [0.3, 0.4) is 0 Å². The molecule has 0 radical (unpaired) electrons. The Bertz CT molecular complexity index is 1410. The molecule has 0 saturated heterocycles. The quantitative estimate of drug-likeness (QED) is 0.303. The molecule has 0 spiro atoms. The monoisotopic (exact) mass is 514 g/mol. The lowest BCUT2D eigenvalue weighted by Crippen LogP contribution is -2.24. The highest BCUT2D eigenvalue weighted by Crippen LogP contribution is 2.31. The van der Waals surface area contributed by atoms with Crippen LogP contribution in [0.4, 0.5) is 16.2 Å². The van der Waals surface area contributed by atoms with E-state index in [1.165, 1.54) is 7.11 Å². The number of aliphatic hydroxyl groups excluding tert-OH is 1. The van der Waals surface area contributed by atoms with Crippen molar-refractivity contribution in [2.75, 3.05) is 17.7 Å². The zero-order chi connectivity index (χ0) is 27.3. The standard InChI is InChI=1S/C28H30N6O4/c1-18-7-5-6-8-22(18)31-27(37)30-20-11-9-19(10-12-20)28(2,3)24-13-14-25(33-32-24)34-16-21(29-17-34)15-23(35)26(36)38-4/h5-14,16-17,23,35H,15H2,1-4H3,(H2,30,31,37). The van der Waals surface area contributed by atoms with Crippen molar-refractivity contribution in [3.05, 3.63) is 95.7 Å². The van der Waals surface area contributed by atoms with E-state index in [1.807, 2.05) is 81.4 Å². The van der Waals surface area contributed by atoms with Gasteiger partial charge in [-0.15, -0.1) is 5.10 Å². The summed E-state index contributed by atoms with van der Waals surface area (Å²) in [4.78, 5) is 28.1. The number of rotatable bonds is 8. The first-order valence-electron chi connectivity index (χ1n) is 12.0. The molecule has 10 nitrogen and oxygen atoms in total. The van der Waals surface area contributed by atoms with Gasteiger partial charge in [-0.25, -0.2) is 14.6 Å². The second-order valence-electron chi connectivity index (χ2n) is 9.39. The lowest BCUT2D eigenvalue weighted by molar-refractivity contribution is -0.150. The molecule has 1 atom stereocenters. The Balaban J connectivity index is 1.41. The van der Waals surface area contributed by atoms with E-state index in [0.717, 1.165) is 22.5 Å². The first kappa shape index (κ1) is 26.5. The fourth-order valence-electron chi connectivity index (χ4n) is 3.92. The first-order valence-corrected chi connectivity index (χ1v) is 12.0. The number of urea groups is 1. The van der Waals surface area contributed by atoms with Crippen molar-refractivity contribution in [1.82, 2.24) is 19.7 Å². The lowest BCUT2D eigenvalue weighted by atomic mass is 9.81. The molecule has 0 aliphatic heterocycles. The highest BCUT2D eigenvalue weighted by atomic mass is 16.5. The molecular weight excluding hydrogens is 484 g/mol. The Hall–Kier alpha value is -4.57. The summed E-state index contributed by atoms with van der Waals surface area (Å²) in [5.41, 5.74) is 4.26. The third kappa shape index (κ3) is 6.04. The second kappa shape index (κ2) is 11.2. The van der Waals surface area contributed by atoms with Gasteiger partial charge in [-0.05, 0) is 48.4 Å². The fourth-order valence-corrected chi connectivity index (χ4v) is 3.92. The number of carbonyl (C=O) groups excluding carboxylic acids is 2. The number of aliphatic hydroxyl groups is 1. The van der Waals surface area contributed by atoms with Crippen LogP contribution in [-0.2, 0) is 21.4 Å². The van der Waals surface area contributed by atoms with Crippen molar-refractivity contribution >= 4 is 23.4 Å². The van der Waals surface area contributed by atoms with Crippen molar-refractivity contribution in [2.24, 2.45) is 0 Å². The van der Waals surface area contributed by atoms with Gasteiger partial charge in [0, 0.05) is 29.4 Å². The number of imidazole rings is 1. The number of para-hydroxylation sites is 1. The van der Waals surface area contributed by atoms with Gasteiger partial charge in [0.25, 0.3) is 0 Å². The predicted molar refractivity (Wildman–Crippen MR) is 143 cm³/mol. The number of aromatic nitrogens is 4. The Kier molecular flexibility index (Phi) is 7.82. The molecule has 196 valence electrons. The number of amides is 2. The number of hydrogen-bond donors (Lipinski definition) is 3. The molecule has 2 aromatic heterocycles. The molecule has 1 unspecified atom stereocenters. The normalized spacial score (nSPS) is 12.0. The van der Waals surface area contributed by atoms with Crippen LogP contribution in [0.15, 0.2) is 73.2 Å². The van der Waals surface area contributed by atoms with E-state index in [2.05, 4.69) is 30.6 Å². The minimum Gasteiger partial charge on any atom is -0.467 e. The molecule has 3 N–H and O–H groups in total. The van der Waals surface area contributed by atoms with E-state index >= 15 is 0 Å². The molecule has 38 heavy (non-hydrogen) atoms. The van der Waals surface area contributed by atoms with Gasteiger partial charge >= 0.3 is 12.0 Å². The van der Waals surface area contributed by atoms with Gasteiger partial charge < -0.3 is 20.5 Å². The van der Waals surface area contributed by atoms with E-state index in [0.29, 0.717) is 17.2 Å². The number of methoxy groups -OCH3 is 1. The maximum Gasteiger partial charge on any atom is 0.335 e. The fraction of sp³-hybridized carbons (Fsp3) is 0.250. The Morgan fingerprint density at radius 2 is 1.76 bits per heavy atom. The number of aryl methyl sites for hydroxylation is 1. The van der Waals surface area contributed by atoms with Gasteiger partial charge in [-0.1, -0.05) is 44.2 Å². The smallest absolute Gasteiger partial charge is 0.335 e. The van der Waals surface area contributed by atoms with Crippen molar-refractivity contribution in [3.8, 4) is 5.82 Å². The summed E-state index contributed by atoms with van der Waals surface area (Å²) in [6, 6.07) is 18.6. The van der Waals surface area contributed by atoms with E-state index in [4.69, 9.17) is 0 Å². The highest BCUT2D eigenvalue weighted by Gasteiger charge is 2.25. The van der Waals surface area contributed by atoms with Crippen LogP contribution in [0.2, 0.25) is 0 Å². The van der Waals surface area contributed by atoms with Gasteiger partial charge in [0.2, 0.25) is 0 Å². The molecule has 0 bridgehead atoms. The summed E-state index contributed by atoms with van der Waals surface area (Å²) in [5.74, 6) is -0.157. The average Bonchev–Trinajstić information content (AvgIpc) is 3.38. The Morgan fingerprint density at radius 3 is 2.42 bits per heavy atom. The molecular formula is C28H30N6O4. The molecule has 2 aromatic carbocycles. The van der Waals surface area contributed by atoms with Crippen molar-refractivity contribution in [2.45, 2.75) is 38.7 Å². The molecule has 10 heteroatoms. The van der Waals surface area contributed by atoms with Crippen LogP contribution in [0.25, 0.3) is 5.82 Å². The molecule has 0 fully saturated rings. The number of benzene rings is 2. The maximum absolute atomic E-state index is 12.4. The van der Waals surface area contributed by atoms with E-state index in [-0.39, 0.29) is 12.5 Å². The maximum atomic E-state index is 12.4. The second-order valence-corrected chi connectivity index (χ2v) is 9.39. The number of carbonyl (C=O) groups is 2. The van der Waals surface area contributed by atoms with E-state index in [9.17, 15) is 14.7 Å². The number of hydrogen-bond acceptors (Lipinski definition) is 7. The van der Waals surface area contributed by atoms with Crippen LogP contribution >= 0.6 is 0 Å². The SMILES string of the molecule is COC(=O)C(O)Cc1cn(-c2ccc(C(C)(C)c3ccc(NC(=O)Nc4ccccc4C)cc3)nn2)cn1. The lowest BCUT2D eigenvalue weighted by Gasteiger charge is -2.24. The number of esters is 1. The molecule has 4 rings (SSSR count). The largest absolute Gasteiger partial charge is 0.467 e. The highest BCUT2D eigenvalue weighted by molar-refractivity contribution is 6.00. The topological polar surface area (TPSA) is 131 Å². The van der Waals surface area contributed by atoms with Crippen LogP contribution in [0.1, 0.15) is 36.4 Å². The first-order chi connectivity index (χ1) is 18.2. The summed E-state index contributed by atoms with van der Waals surface area (Å²) in [5, 5.41) is 24.3. The summed E-state index contributed by atoms with van der Waals surface area (Å²) < 4.78 is 6.21. The van der Waals surface area contributed by atoms with Gasteiger partial charge in [0.1, 0.15) is 6.33 Å². The van der Waals surface area contributed by atoms with Gasteiger partial charge in [0.15, 0.2) is 11.9 Å². The molecule has 2 amide bonds. The Morgan fingerprint density at radius 1 is 1.03 bits per heavy atom. The molecule has 0 aliphatic rings. The van der Waals surface area contributed by atoms with Crippen LogP contribution in [0.5, 0.6) is 0 Å². The van der Waals surface area contributed by atoms with Crippen molar-refractivity contribution in [1.29, 1.82) is 0 Å². The molecule has 4 aromatic rings. The molecule has 2 heterocycles. The number of anilines is 2. The summed E-state index contributed by atoms with van der Waals surface area (Å²) in [7, 11) is 1.22. The van der Waals surface area contributed by atoms with Gasteiger partial charge in [-0.2, -0.15) is 5.10 Å². The average molecular weight is 515 g/mol. The van der Waals surface area contributed by atoms with Gasteiger partial charge in [0.05, 0.1) is 18.5 Å². The Labute approximate surface area is 220 Å². The van der Waals surface area contributed by atoms with Gasteiger partial charge in [-0.3, -0.25) is 4.57 Å². The van der Waals surface area contributed by atoms with Crippen molar-refractivity contribution < 1.29 is 19.4 Å². The summed E-state index contributed by atoms with van der Waals surface area (Å²) >= 11 is 0. The molecule has 0 aliphatic carbocycles. The van der Waals surface area contributed by atoms with Crippen LogP contribution in [-0.4, -0.2) is 50.1 Å². The predicted octanol–water partition coefficient (Wildman–Crippen LogP) is 4.02. The number of ether oxygens (including phenoxy) is 1. The summed E-state index contributed by atoms with van der Waals surface area (Å²) in [6.45, 7) is 6.04. The minimum absolute atomic E-state index is 0.0383. The summed E-state index contributed by atoms with van der Waals surface area (Å²) in [6.07, 6.45) is 2.00. The van der Waals surface area contributed by atoms with Crippen molar-refractivity contribution in [3.63, 3.8) is 0 Å². The van der Waals surface area contributed by atoms with Crippen LogP contribution < -0.4 is 10.6 Å². The minimum atomic E-state index is -1.28. The van der Waals surface area contributed by atoms with Crippen LogP contribution in [0, 0.1) is 6.92 Å². The van der Waals surface area contributed by atoms with E-state index in [1.54, 1.807) is 17.1 Å². The molecule has 0 saturated carbocycles.